The van der Waals surface area contributed by atoms with Crippen LogP contribution in [0.15, 0.2) is 23.0 Å². The molecule has 1 fully saturated rings. The van der Waals surface area contributed by atoms with Gasteiger partial charge < -0.3 is 0 Å². The summed E-state index contributed by atoms with van der Waals surface area (Å²) < 4.78 is 1.70. The van der Waals surface area contributed by atoms with Crippen molar-refractivity contribution >= 4 is 22.7 Å². The zero-order valence-corrected chi connectivity index (χ0v) is 13.9. The van der Waals surface area contributed by atoms with Crippen molar-refractivity contribution in [3.05, 3.63) is 39.9 Å². The van der Waals surface area contributed by atoms with E-state index in [2.05, 4.69) is 15.8 Å². The zero-order chi connectivity index (χ0) is 17.4. The van der Waals surface area contributed by atoms with E-state index in [1.807, 2.05) is 0 Å². The molecule has 2 aliphatic rings. The average Bonchev–Trinajstić information content (AvgIpc) is 3.30. The first-order valence-corrected chi connectivity index (χ1v) is 8.77. The largest absolute Gasteiger partial charge is 0.296 e. The van der Waals surface area contributed by atoms with Crippen LogP contribution >= 0.6 is 0 Å². The Bertz CT molecular complexity index is 912. The Kier molecular flexibility index (Phi) is 3.99. The van der Waals surface area contributed by atoms with Gasteiger partial charge in [-0.1, -0.05) is 12.8 Å². The highest BCUT2D eigenvalue weighted by atomic mass is 16.2. The van der Waals surface area contributed by atoms with Crippen molar-refractivity contribution in [3.8, 4) is 0 Å². The summed E-state index contributed by atoms with van der Waals surface area (Å²) in [7, 11) is 0. The van der Waals surface area contributed by atoms with Gasteiger partial charge in [-0.15, -0.1) is 0 Å². The van der Waals surface area contributed by atoms with E-state index in [1.165, 1.54) is 0 Å². The minimum absolute atomic E-state index is 0.0128. The Balaban J connectivity index is 1.53. The molecule has 2 aromatic rings. The van der Waals surface area contributed by atoms with Crippen LogP contribution in [0.5, 0.6) is 0 Å². The van der Waals surface area contributed by atoms with E-state index in [-0.39, 0.29) is 17.4 Å². The van der Waals surface area contributed by atoms with E-state index in [1.54, 1.807) is 22.8 Å². The number of nitrogens with one attached hydrogen (secondary N) is 2. The van der Waals surface area contributed by atoms with Crippen LogP contribution < -0.4 is 16.4 Å². The van der Waals surface area contributed by atoms with Crippen LogP contribution in [0.3, 0.4) is 0 Å². The van der Waals surface area contributed by atoms with Crippen molar-refractivity contribution < 1.29 is 9.59 Å². The number of hydrogen-bond donors (Lipinski definition) is 2. The number of fused-ring (bicyclic) bond motifs is 2. The highest BCUT2D eigenvalue weighted by Crippen LogP contribution is 2.24. The molecule has 2 N–H and O–H groups in total. The maximum absolute atomic E-state index is 12.4. The number of benzene rings is 1. The number of nitrogens with zero attached hydrogens (tertiary/aromatic N) is 2. The van der Waals surface area contributed by atoms with Crippen molar-refractivity contribution in [1.29, 1.82) is 0 Å². The number of rotatable bonds is 2. The van der Waals surface area contributed by atoms with Crippen LogP contribution in [0.1, 0.15) is 48.3 Å². The summed E-state index contributed by atoms with van der Waals surface area (Å²) >= 11 is 0. The van der Waals surface area contributed by atoms with Crippen LogP contribution in [-0.4, -0.2) is 21.4 Å². The SMILES string of the molecule is O=C(NNC(=O)C1CCCC1)c1ccc2c(=O)n3c(nc2c1)CCC3. The van der Waals surface area contributed by atoms with Crippen LogP contribution in [0.2, 0.25) is 0 Å². The molecule has 2 heterocycles. The molecule has 0 bridgehead atoms. The van der Waals surface area contributed by atoms with Crippen molar-refractivity contribution in [2.75, 3.05) is 0 Å². The second-order valence-electron chi connectivity index (χ2n) is 6.75. The number of carbonyl (C=O) groups excluding carboxylic acids is 2. The summed E-state index contributed by atoms with van der Waals surface area (Å²) in [6.07, 6.45) is 5.55. The maximum atomic E-state index is 12.4. The highest BCUT2D eigenvalue weighted by molar-refractivity contribution is 5.98. The smallest absolute Gasteiger partial charge is 0.269 e. The van der Waals surface area contributed by atoms with Crippen LogP contribution in [0.4, 0.5) is 0 Å². The van der Waals surface area contributed by atoms with E-state index < -0.39 is 5.91 Å². The van der Waals surface area contributed by atoms with Crippen molar-refractivity contribution in [2.45, 2.75) is 45.1 Å². The molecule has 7 nitrogen and oxygen atoms in total. The van der Waals surface area contributed by atoms with E-state index in [0.717, 1.165) is 44.3 Å². The third-order valence-corrected chi connectivity index (χ3v) is 5.10. The molecule has 0 spiro atoms. The van der Waals surface area contributed by atoms with Gasteiger partial charge in [-0.3, -0.25) is 29.8 Å². The molecule has 1 saturated carbocycles. The molecule has 0 saturated heterocycles. The lowest BCUT2D eigenvalue weighted by Crippen LogP contribution is -2.44. The first-order valence-electron chi connectivity index (χ1n) is 8.77. The first kappa shape index (κ1) is 15.8. The average molecular weight is 340 g/mol. The molecule has 2 amide bonds. The number of aromatic nitrogens is 2. The highest BCUT2D eigenvalue weighted by Gasteiger charge is 2.23. The standard InChI is InChI=1S/C18H20N4O3/c23-16(11-4-1-2-5-11)20-21-17(24)12-7-8-13-14(10-12)19-15-6-3-9-22(15)18(13)25/h7-8,10-11H,1-6,9H2,(H,20,23)(H,21,24). The Morgan fingerprint density at radius 1 is 1.12 bits per heavy atom. The predicted molar refractivity (Wildman–Crippen MR) is 91.9 cm³/mol. The normalized spacial score (nSPS) is 16.8. The minimum atomic E-state index is -0.407. The van der Waals surface area contributed by atoms with Gasteiger partial charge in [0, 0.05) is 24.4 Å². The fourth-order valence-electron chi connectivity index (χ4n) is 3.71. The molecule has 1 aliphatic carbocycles. The Morgan fingerprint density at radius 3 is 2.72 bits per heavy atom. The second kappa shape index (κ2) is 6.31. The van der Waals surface area contributed by atoms with Crippen LogP contribution in [0, 0.1) is 5.92 Å². The number of hydrazine groups is 1. The molecule has 4 rings (SSSR count). The Labute approximate surface area is 144 Å². The lowest BCUT2D eigenvalue weighted by Gasteiger charge is -2.12. The molecule has 25 heavy (non-hydrogen) atoms. The van der Waals surface area contributed by atoms with E-state index in [4.69, 9.17) is 0 Å². The van der Waals surface area contributed by atoms with Gasteiger partial charge in [0.2, 0.25) is 5.91 Å². The second-order valence-corrected chi connectivity index (χ2v) is 6.75. The Hall–Kier alpha value is -2.70. The van der Waals surface area contributed by atoms with E-state index in [9.17, 15) is 14.4 Å². The molecule has 0 radical (unpaired) electrons. The third kappa shape index (κ3) is 2.90. The monoisotopic (exact) mass is 340 g/mol. The van der Waals surface area contributed by atoms with Gasteiger partial charge in [-0.25, -0.2) is 4.98 Å². The topological polar surface area (TPSA) is 93.1 Å². The molecule has 1 aromatic carbocycles. The maximum Gasteiger partial charge on any atom is 0.269 e. The summed E-state index contributed by atoms with van der Waals surface area (Å²) in [5, 5.41) is 0.511. The van der Waals surface area contributed by atoms with Crippen molar-refractivity contribution in [3.63, 3.8) is 0 Å². The van der Waals surface area contributed by atoms with Crippen molar-refractivity contribution in [1.82, 2.24) is 20.4 Å². The lowest BCUT2D eigenvalue weighted by atomic mass is 10.1. The van der Waals surface area contributed by atoms with Gasteiger partial charge in [-0.2, -0.15) is 0 Å². The van der Waals surface area contributed by atoms with Gasteiger partial charge >= 0.3 is 0 Å². The van der Waals surface area contributed by atoms with Crippen LogP contribution in [0.25, 0.3) is 10.9 Å². The van der Waals surface area contributed by atoms with E-state index >= 15 is 0 Å². The van der Waals surface area contributed by atoms with Crippen molar-refractivity contribution in [2.24, 2.45) is 5.92 Å². The molecular weight excluding hydrogens is 320 g/mol. The summed E-state index contributed by atoms with van der Waals surface area (Å²) in [4.78, 5) is 41.2. The fraction of sp³-hybridized carbons (Fsp3) is 0.444. The quantitative estimate of drug-likeness (QED) is 0.806. The number of carbonyl (C=O) groups is 2. The summed E-state index contributed by atoms with van der Waals surface area (Å²) in [6, 6.07) is 4.82. The van der Waals surface area contributed by atoms with Gasteiger partial charge in [0.05, 0.1) is 10.9 Å². The molecule has 7 heteroatoms. The van der Waals surface area contributed by atoms with Gasteiger partial charge in [0.15, 0.2) is 0 Å². The molecule has 1 aliphatic heterocycles. The lowest BCUT2D eigenvalue weighted by molar-refractivity contribution is -0.125. The number of amides is 2. The fourth-order valence-corrected chi connectivity index (χ4v) is 3.71. The summed E-state index contributed by atoms with van der Waals surface area (Å²) in [5.74, 6) is 0.210. The van der Waals surface area contributed by atoms with Gasteiger partial charge in [0.1, 0.15) is 5.82 Å². The minimum Gasteiger partial charge on any atom is -0.296 e. The molecular formula is C18H20N4O3. The van der Waals surface area contributed by atoms with E-state index in [0.29, 0.717) is 23.0 Å². The number of aryl methyl sites for hydroxylation is 1. The van der Waals surface area contributed by atoms with Gasteiger partial charge in [0.25, 0.3) is 11.5 Å². The van der Waals surface area contributed by atoms with Gasteiger partial charge in [-0.05, 0) is 37.5 Å². The molecule has 0 atom stereocenters. The molecule has 1 aromatic heterocycles. The summed E-state index contributed by atoms with van der Waals surface area (Å²) in [5.41, 5.74) is 5.79. The molecule has 130 valence electrons. The summed E-state index contributed by atoms with van der Waals surface area (Å²) in [6.45, 7) is 0.701. The molecule has 0 unspecified atom stereocenters. The third-order valence-electron chi connectivity index (χ3n) is 5.10. The predicted octanol–water partition coefficient (Wildman–Crippen LogP) is 1.29. The first-order chi connectivity index (χ1) is 12.1. The number of hydrogen-bond acceptors (Lipinski definition) is 4. The van der Waals surface area contributed by atoms with Crippen LogP contribution in [-0.2, 0) is 17.8 Å². The Morgan fingerprint density at radius 2 is 1.92 bits per heavy atom. The zero-order valence-electron chi connectivity index (χ0n) is 13.9.